The minimum absolute atomic E-state index is 0.190. The van der Waals surface area contributed by atoms with Crippen LogP contribution in [0.3, 0.4) is 0 Å². The van der Waals surface area contributed by atoms with Gasteiger partial charge in [0.2, 0.25) is 0 Å². The fraction of sp³-hybridized carbons (Fsp3) is 0.300. The molecule has 0 saturated heterocycles. The number of benzene rings is 1. The number of carbonyl (C=O) groups is 1. The quantitative estimate of drug-likeness (QED) is 0.326. The van der Waals surface area contributed by atoms with Gasteiger partial charge < -0.3 is 9.47 Å². The van der Waals surface area contributed by atoms with E-state index in [4.69, 9.17) is 10.6 Å². The third-order valence-corrected chi connectivity index (χ3v) is 1.69. The van der Waals surface area contributed by atoms with Gasteiger partial charge in [0.15, 0.2) is 0 Å². The van der Waals surface area contributed by atoms with Crippen LogP contribution in [0, 0.1) is 0 Å². The summed E-state index contributed by atoms with van der Waals surface area (Å²) >= 11 is 0. The second kappa shape index (κ2) is 6.80. The summed E-state index contributed by atoms with van der Waals surface area (Å²) in [5.41, 5.74) is 2.94. The van der Waals surface area contributed by atoms with Gasteiger partial charge in [-0.05, 0) is 5.56 Å². The van der Waals surface area contributed by atoms with Crippen LogP contribution in [0.4, 0.5) is 4.79 Å². The van der Waals surface area contributed by atoms with E-state index in [9.17, 15) is 4.79 Å². The Morgan fingerprint density at radius 3 is 2.67 bits per heavy atom. The van der Waals surface area contributed by atoms with Crippen molar-refractivity contribution < 1.29 is 14.3 Å². The van der Waals surface area contributed by atoms with Crippen LogP contribution in [0.15, 0.2) is 30.3 Å². The lowest BCUT2D eigenvalue weighted by atomic mass is 10.2. The zero-order valence-electron chi connectivity index (χ0n) is 8.31. The van der Waals surface area contributed by atoms with E-state index in [1.165, 1.54) is 0 Å². The topological polar surface area (TPSA) is 73.6 Å². The molecular formula is C10H14N2O3. The predicted octanol–water partition coefficient (Wildman–Crippen LogP) is 0.803. The fourth-order valence-electron chi connectivity index (χ4n) is 0.999. The van der Waals surface area contributed by atoms with Gasteiger partial charge in [0.05, 0.1) is 13.2 Å². The molecule has 0 spiro atoms. The number of amides is 1. The molecule has 0 atom stereocenters. The largest absolute Gasteiger partial charge is 0.446 e. The maximum Gasteiger partial charge on any atom is 0.421 e. The first-order valence-corrected chi connectivity index (χ1v) is 4.58. The van der Waals surface area contributed by atoms with E-state index in [2.05, 4.69) is 4.74 Å². The van der Waals surface area contributed by atoms with Crippen molar-refractivity contribution in [2.45, 2.75) is 6.61 Å². The molecule has 1 amide bonds. The van der Waals surface area contributed by atoms with Crippen molar-refractivity contribution in [3.8, 4) is 0 Å². The molecule has 0 unspecified atom stereocenters. The average molecular weight is 210 g/mol. The van der Waals surface area contributed by atoms with E-state index in [0.29, 0.717) is 13.2 Å². The van der Waals surface area contributed by atoms with Crippen LogP contribution < -0.4 is 11.3 Å². The third-order valence-electron chi connectivity index (χ3n) is 1.69. The Balaban J connectivity index is 2.05. The van der Waals surface area contributed by atoms with Gasteiger partial charge in [0.1, 0.15) is 6.61 Å². The Labute approximate surface area is 88.1 Å². The smallest absolute Gasteiger partial charge is 0.421 e. The third kappa shape index (κ3) is 4.99. The standard InChI is InChI=1S/C10H14N2O3/c11-12-10(13)15-7-6-14-8-9-4-2-1-3-5-9/h1-5H,6-8,11H2,(H,12,13). The van der Waals surface area contributed by atoms with Gasteiger partial charge in [0, 0.05) is 0 Å². The molecule has 0 bridgehead atoms. The van der Waals surface area contributed by atoms with E-state index in [1.54, 1.807) is 0 Å². The second-order valence-corrected chi connectivity index (χ2v) is 2.82. The summed E-state index contributed by atoms with van der Waals surface area (Å²) in [6, 6.07) is 9.76. The molecule has 0 saturated carbocycles. The zero-order chi connectivity index (χ0) is 10.9. The summed E-state index contributed by atoms with van der Waals surface area (Å²) in [5, 5.41) is 0. The Kier molecular flexibility index (Phi) is 5.21. The number of nitrogens with one attached hydrogen (secondary N) is 1. The Morgan fingerprint density at radius 1 is 1.27 bits per heavy atom. The zero-order valence-corrected chi connectivity index (χ0v) is 8.31. The molecule has 5 heteroatoms. The van der Waals surface area contributed by atoms with Crippen molar-refractivity contribution in [3.63, 3.8) is 0 Å². The summed E-state index contributed by atoms with van der Waals surface area (Å²) in [5.74, 6) is 4.81. The SMILES string of the molecule is NNC(=O)OCCOCc1ccccc1. The molecule has 0 heterocycles. The highest BCUT2D eigenvalue weighted by molar-refractivity contribution is 5.66. The molecule has 0 aliphatic rings. The summed E-state index contributed by atoms with van der Waals surface area (Å²) in [6.45, 7) is 1.05. The number of carbonyl (C=O) groups excluding carboxylic acids is 1. The summed E-state index contributed by atoms with van der Waals surface area (Å²) in [4.78, 5) is 10.5. The Hall–Kier alpha value is -1.59. The van der Waals surface area contributed by atoms with Gasteiger partial charge in [-0.25, -0.2) is 10.6 Å². The van der Waals surface area contributed by atoms with Crippen molar-refractivity contribution in [1.29, 1.82) is 0 Å². The molecule has 0 radical (unpaired) electrons. The van der Waals surface area contributed by atoms with E-state index >= 15 is 0 Å². The minimum Gasteiger partial charge on any atom is -0.446 e. The molecule has 3 N–H and O–H groups in total. The van der Waals surface area contributed by atoms with Gasteiger partial charge >= 0.3 is 6.09 Å². The van der Waals surface area contributed by atoms with Crippen LogP contribution in [-0.4, -0.2) is 19.3 Å². The van der Waals surface area contributed by atoms with Crippen LogP contribution in [0.5, 0.6) is 0 Å². The van der Waals surface area contributed by atoms with Crippen LogP contribution in [-0.2, 0) is 16.1 Å². The van der Waals surface area contributed by atoms with Gasteiger partial charge in [0.25, 0.3) is 0 Å². The maximum atomic E-state index is 10.5. The molecule has 0 aliphatic carbocycles. The molecule has 1 aromatic rings. The van der Waals surface area contributed by atoms with Crippen LogP contribution >= 0.6 is 0 Å². The average Bonchev–Trinajstić information content (AvgIpc) is 2.29. The normalized spacial score (nSPS) is 9.67. The fourth-order valence-corrected chi connectivity index (χ4v) is 0.999. The van der Waals surface area contributed by atoms with Crippen molar-refractivity contribution >= 4 is 6.09 Å². The molecule has 82 valence electrons. The van der Waals surface area contributed by atoms with Crippen molar-refractivity contribution in [2.75, 3.05) is 13.2 Å². The van der Waals surface area contributed by atoms with Gasteiger partial charge in [-0.1, -0.05) is 30.3 Å². The first-order chi connectivity index (χ1) is 7.33. The van der Waals surface area contributed by atoms with Gasteiger partial charge in [-0.3, -0.25) is 5.43 Å². The summed E-state index contributed by atoms with van der Waals surface area (Å²) in [6.07, 6.45) is -0.654. The molecule has 0 aromatic heterocycles. The van der Waals surface area contributed by atoms with Crippen LogP contribution in [0.2, 0.25) is 0 Å². The molecule has 0 aliphatic heterocycles. The molecule has 0 fully saturated rings. The van der Waals surface area contributed by atoms with Crippen molar-refractivity contribution in [1.82, 2.24) is 5.43 Å². The van der Waals surface area contributed by atoms with Crippen LogP contribution in [0.25, 0.3) is 0 Å². The van der Waals surface area contributed by atoms with Crippen molar-refractivity contribution in [3.05, 3.63) is 35.9 Å². The Morgan fingerprint density at radius 2 is 2.00 bits per heavy atom. The predicted molar refractivity (Wildman–Crippen MR) is 54.8 cm³/mol. The monoisotopic (exact) mass is 210 g/mol. The summed E-state index contributed by atoms with van der Waals surface area (Å²) < 4.78 is 9.90. The molecule has 1 rings (SSSR count). The molecule has 5 nitrogen and oxygen atoms in total. The van der Waals surface area contributed by atoms with Gasteiger partial charge in [-0.15, -0.1) is 0 Å². The van der Waals surface area contributed by atoms with E-state index in [1.807, 2.05) is 35.8 Å². The number of rotatable bonds is 5. The van der Waals surface area contributed by atoms with Crippen LogP contribution in [0.1, 0.15) is 5.56 Å². The van der Waals surface area contributed by atoms with Crippen molar-refractivity contribution in [2.24, 2.45) is 5.84 Å². The van der Waals surface area contributed by atoms with E-state index < -0.39 is 6.09 Å². The van der Waals surface area contributed by atoms with E-state index in [0.717, 1.165) is 5.56 Å². The number of hydrogen-bond donors (Lipinski definition) is 2. The highest BCUT2D eigenvalue weighted by Gasteiger charge is 1.97. The number of hydrazine groups is 1. The molecule has 1 aromatic carbocycles. The number of nitrogens with two attached hydrogens (primary N) is 1. The molecular weight excluding hydrogens is 196 g/mol. The molecule has 15 heavy (non-hydrogen) atoms. The Bertz CT molecular complexity index is 290. The number of hydrogen-bond acceptors (Lipinski definition) is 4. The summed E-state index contributed by atoms with van der Waals surface area (Å²) in [7, 11) is 0. The lowest BCUT2D eigenvalue weighted by Crippen LogP contribution is -2.31. The first-order valence-electron chi connectivity index (χ1n) is 4.58. The lowest BCUT2D eigenvalue weighted by molar-refractivity contribution is 0.0648. The highest BCUT2D eigenvalue weighted by Crippen LogP contribution is 1.99. The highest BCUT2D eigenvalue weighted by atomic mass is 16.6. The number of ether oxygens (including phenoxy) is 2. The minimum atomic E-state index is -0.654. The van der Waals surface area contributed by atoms with Gasteiger partial charge in [-0.2, -0.15) is 0 Å². The van der Waals surface area contributed by atoms with E-state index in [-0.39, 0.29) is 6.61 Å². The lowest BCUT2D eigenvalue weighted by Gasteiger charge is -2.05. The maximum absolute atomic E-state index is 10.5. The first kappa shape index (κ1) is 11.5. The second-order valence-electron chi connectivity index (χ2n) is 2.82.